The Morgan fingerprint density at radius 1 is 1.47 bits per heavy atom. The predicted molar refractivity (Wildman–Crippen MR) is 65.9 cm³/mol. The third-order valence-corrected chi connectivity index (χ3v) is 2.33. The fourth-order valence-corrected chi connectivity index (χ4v) is 1.70. The largest absolute Gasteiger partial charge is 0.478 e. The molecule has 0 saturated heterocycles. The van der Waals surface area contributed by atoms with E-state index >= 15 is 0 Å². The summed E-state index contributed by atoms with van der Waals surface area (Å²) < 4.78 is 0. The molecule has 0 bridgehead atoms. The van der Waals surface area contributed by atoms with Gasteiger partial charge in [0, 0.05) is 11.5 Å². The molecule has 0 atom stereocenters. The van der Waals surface area contributed by atoms with Crippen molar-refractivity contribution in [2.45, 2.75) is 13.8 Å². The van der Waals surface area contributed by atoms with Crippen molar-refractivity contribution < 1.29 is 9.90 Å². The van der Waals surface area contributed by atoms with Crippen LogP contribution in [0.3, 0.4) is 0 Å². The molecule has 1 aromatic carbocycles. The first-order chi connectivity index (χ1) is 8.06. The molecular formula is C12H13N3O2. The van der Waals surface area contributed by atoms with Gasteiger partial charge in [-0.3, -0.25) is 0 Å². The summed E-state index contributed by atoms with van der Waals surface area (Å²) in [5, 5.41) is 12.4. The van der Waals surface area contributed by atoms with E-state index in [4.69, 9.17) is 10.6 Å². The van der Waals surface area contributed by atoms with Crippen LogP contribution in [0.5, 0.6) is 0 Å². The van der Waals surface area contributed by atoms with E-state index in [-0.39, 0.29) is 6.54 Å². The van der Waals surface area contributed by atoms with Crippen LogP contribution in [-0.4, -0.2) is 17.6 Å². The van der Waals surface area contributed by atoms with Gasteiger partial charge in [-0.25, -0.2) is 4.79 Å². The summed E-state index contributed by atoms with van der Waals surface area (Å²) in [5.41, 5.74) is 10.8. The number of azide groups is 1. The highest BCUT2D eigenvalue weighted by Gasteiger charge is 2.10. The van der Waals surface area contributed by atoms with Gasteiger partial charge in [0.05, 0.1) is 5.56 Å². The molecule has 0 aromatic heterocycles. The Balaban J connectivity index is 3.02. The highest BCUT2D eigenvalue weighted by atomic mass is 16.4. The van der Waals surface area contributed by atoms with Crippen molar-refractivity contribution >= 4 is 12.0 Å². The van der Waals surface area contributed by atoms with Crippen LogP contribution in [0.15, 0.2) is 23.3 Å². The molecule has 0 spiro atoms. The second-order valence-electron chi connectivity index (χ2n) is 3.65. The van der Waals surface area contributed by atoms with E-state index in [1.807, 2.05) is 0 Å². The first-order valence-electron chi connectivity index (χ1n) is 5.08. The Bertz CT molecular complexity index is 491. The average Bonchev–Trinajstić information content (AvgIpc) is 2.23. The van der Waals surface area contributed by atoms with Crippen molar-refractivity contribution in [3.63, 3.8) is 0 Å². The van der Waals surface area contributed by atoms with E-state index in [1.165, 1.54) is 0 Å². The van der Waals surface area contributed by atoms with Gasteiger partial charge in [-0.05, 0) is 36.1 Å². The normalized spacial score (nSPS) is 10.2. The summed E-state index contributed by atoms with van der Waals surface area (Å²) in [6.45, 7) is 3.82. The number of hydrogen-bond donors (Lipinski definition) is 1. The topological polar surface area (TPSA) is 86.1 Å². The lowest BCUT2D eigenvalue weighted by molar-refractivity contribution is 0.0695. The Labute approximate surface area is 99.0 Å². The number of aromatic carboxylic acids is 1. The zero-order chi connectivity index (χ0) is 12.8. The van der Waals surface area contributed by atoms with Gasteiger partial charge in [0.2, 0.25) is 0 Å². The quantitative estimate of drug-likeness (QED) is 0.489. The summed E-state index contributed by atoms with van der Waals surface area (Å²) in [4.78, 5) is 13.6. The Kier molecular flexibility index (Phi) is 4.31. The molecule has 5 heteroatoms. The van der Waals surface area contributed by atoms with E-state index < -0.39 is 5.97 Å². The summed E-state index contributed by atoms with van der Waals surface area (Å²) in [5.74, 6) is -0.912. The third kappa shape index (κ3) is 3.36. The highest BCUT2D eigenvalue weighted by molar-refractivity contribution is 5.91. The number of carbonyl (C=O) groups is 1. The molecule has 0 amide bonds. The Morgan fingerprint density at radius 2 is 2.06 bits per heavy atom. The van der Waals surface area contributed by atoms with Gasteiger partial charge >= 0.3 is 5.97 Å². The molecule has 1 aromatic rings. The van der Waals surface area contributed by atoms with Crippen molar-refractivity contribution in [2.75, 3.05) is 6.54 Å². The SMILES string of the molecule is Cc1cc(C=CCN=[N+]=[N-])cc(C)c1C(=O)O. The van der Waals surface area contributed by atoms with Crippen LogP contribution in [0.2, 0.25) is 0 Å². The number of aryl methyl sites for hydroxylation is 2. The number of hydrogen-bond acceptors (Lipinski definition) is 2. The van der Waals surface area contributed by atoms with Gasteiger partial charge in [0.25, 0.3) is 0 Å². The van der Waals surface area contributed by atoms with Crippen molar-refractivity contribution in [2.24, 2.45) is 5.11 Å². The van der Waals surface area contributed by atoms with Gasteiger partial charge in [-0.1, -0.05) is 29.4 Å². The summed E-state index contributed by atoms with van der Waals surface area (Å²) in [6.07, 6.45) is 3.54. The molecule has 0 saturated carbocycles. The monoisotopic (exact) mass is 231 g/mol. The van der Waals surface area contributed by atoms with E-state index in [2.05, 4.69) is 10.0 Å². The number of carboxylic acid groups (broad SMARTS) is 1. The maximum atomic E-state index is 11.0. The molecule has 0 aliphatic heterocycles. The minimum absolute atomic E-state index is 0.287. The maximum absolute atomic E-state index is 11.0. The van der Waals surface area contributed by atoms with Crippen molar-refractivity contribution in [1.82, 2.24) is 0 Å². The molecule has 0 heterocycles. The molecule has 0 radical (unpaired) electrons. The van der Waals surface area contributed by atoms with Crippen LogP contribution in [-0.2, 0) is 0 Å². The zero-order valence-electron chi connectivity index (χ0n) is 9.71. The first kappa shape index (κ1) is 12.8. The minimum atomic E-state index is -0.912. The molecule has 0 aliphatic carbocycles. The summed E-state index contributed by atoms with van der Waals surface area (Å²) in [6, 6.07) is 3.59. The average molecular weight is 231 g/mol. The predicted octanol–water partition coefficient (Wildman–Crippen LogP) is 3.33. The lowest BCUT2D eigenvalue weighted by atomic mass is 9.99. The van der Waals surface area contributed by atoms with Gasteiger partial charge in [0.1, 0.15) is 0 Å². The van der Waals surface area contributed by atoms with E-state index in [1.54, 1.807) is 38.1 Å². The number of benzene rings is 1. The van der Waals surface area contributed by atoms with Crippen molar-refractivity contribution in [3.05, 3.63) is 50.9 Å². The Morgan fingerprint density at radius 3 is 2.53 bits per heavy atom. The van der Waals surface area contributed by atoms with Gasteiger partial charge in [-0.2, -0.15) is 0 Å². The molecule has 0 fully saturated rings. The van der Waals surface area contributed by atoms with Crippen LogP contribution in [0.1, 0.15) is 27.0 Å². The van der Waals surface area contributed by atoms with Crippen LogP contribution < -0.4 is 0 Å². The van der Waals surface area contributed by atoms with Crippen LogP contribution >= 0.6 is 0 Å². The minimum Gasteiger partial charge on any atom is -0.478 e. The molecule has 17 heavy (non-hydrogen) atoms. The number of nitrogens with zero attached hydrogens (tertiary/aromatic N) is 3. The molecule has 0 aliphatic rings. The lowest BCUT2D eigenvalue weighted by Gasteiger charge is -2.06. The number of carboxylic acids is 1. The first-order valence-corrected chi connectivity index (χ1v) is 5.08. The highest BCUT2D eigenvalue weighted by Crippen LogP contribution is 2.17. The molecular weight excluding hydrogens is 218 g/mol. The molecule has 0 unspecified atom stereocenters. The fraction of sp³-hybridized carbons (Fsp3) is 0.250. The van der Waals surface area contributed by atoms with Crippen molar-refractivity contribution in [3.8, 4) is 0 Å². The van der Waals surface area contributed by atoms with Gasteiger partial charge in [-0.15, -0.1) is 0 Å². The van der Waals surface area contributed by atoms with Crippen LogP contribution in [0.25, 0.3) is 16.5 Å². The lowest BCUT2D eigenvalue weighted by Crippen LogP contribution is -2.03. The third-order valence-electron chi connectivity index (χ3n) is 2.33. The maximum Gasteiger partial charge on any atom is 0.336 e. The molecule has 88 valence electrons. The standard InChI is InChI=1S/C12H13N3O2/c1-8-6-10(4-3-5-14-15-13)7-9(2)11(8)12(16)17/h3-4,6-7H,5H2,1-2H3,(H,16,17). The summed E-state index contributed by atoms with van der Waals surface area (Å²) >= 11 is 0. The molecule has 1 N–H and O–H groups in total. The fourth-order valence-electron chi connectivity index (χ4n) is 1.70. The smallest absolute Gasteiger partial charge is 0.336 e. The Hall–Kier alpha value is -2.26. The molecule has 5 nitrogen and oxygen atoms in total. The second-order valence-corrected chi connectivity index (χ2v) is 3.65. The van der Waals surface area contributed by atoms with Crippen LogP contribution in [0.4, 0.5) is 0 Å². The van der Waals surface area contributed by atoms with E-state index in [9.17, 15) is 4.79 Å². The zero-order valence-corrected chi connectivity index (χ0v) is 9.71. The van der Waals surface area contributed by atoms with Gasteiger partial charge in [0.15, 0.2) is 0 Å². The molecule has 1 rings (SSSR count). The second kappa shape index (κ2) is 5.72. The van der Waals surface area contributed by atoms with E-state index in [0.29, 0.717) is 5.56 Å². The van der Waals surface area contributed by atoms with E-state index in [0.717, 1.165) is 16.7 Å². The summed E-state index contributed by atoms with van der Waals surface area (Å²) in [7, 11) is 0. The number of rotatable bonds is 4. The van der Waals surface area contributed by atoms with Gasteiger partial charge < -0.3 is 5.11 Å². The van der Waals surface area contributed by atoms with Crippen molar-refractivity contribution in [1.29, 1.82) is 0 Å². The van der Waals surface area contributed by atoms with Crippen LogP contribution in [0, 0.1) is 13.8 Å².